The van der Waals surface area contributed by atoms with E-state index in [9.17, 15) is 5.11 Å². The average molecular weight is 184 g/mol. The van der Waals surface area contributed by atoms with Crippen LogP contribution in [0.4, 0.5) is 0 Å². The van der Waals surface area contributed by atoms with Gasteiger partial charge in [-0.15, -0.1) is 0 Å². The van der Waals surface area contributed by atoms with Crippen molar-refractivity contribution < 1.29 is 9.84 Å². The molecule has 4 unspecified atom stereocenters. The second-order valence-corrected chi connectivity index (χ2v) is 4.63. The van der Waals surface area contributed by atoms with Crippen molar-refractivity contribution in [2.75, 3.05) is 6.61 Å². The standard InChI is InChI=1S/C11H20O2/c1-8-9(4-5-11(8)12)7-10-3-2-6-13-10/h8-12H,2-7H2,1H3. The molecule has 2 aliphatic rings. The Bertz CT molecular complexity index is 163. The van der Waals surface area contributed by atoms with E-state index >= 15 is 0 Å². The van der Waals surface area contributed by atoms with E-state index in [1.54, 1.807) is 0 Å². The summed E-state index contributed by atoms with van der Waals surface area (Å²) in [6, 6.07) is 0. The highest BCUT2D eigenvalue weighted by molar-refractivity contribution is 4.84. The predicted molar refractivity (Wildman–Crippen MR) is 51.5 cm³/mol. The van der Waals surface area contributed by atoms with E-state index in [0.717, 1.165) is 13.0 Å². The van der Waals surface area contributed by atoms with Crippen LogP contribution in [0.2, 0.25) is 0 Å². The molecule has 2 fully saturated rings. The fourth-order valence-electron chi connectivity index (χ4n) is 2.73. The van der Waals surface area contributed by atoms with Crippen LogP contribution in [0.5, 0.6) is 0 Å². The number of hydrogen-bond acceptors (Lipinski definition) is 2. The first kappa shape index (κ1) is 9.47. The molecule has 1 saturated carbocycles. The summed E-state index contributed by atoms with van der Waals surface area (Å²) in [7, 11) is 0. The van der Waals surface area contributed by atoms with E-state index in [1.807, 2.05) is 0 Å². The zero-order chi connectivity index (χ0) is 9.26. The van der Waals surface area contributed by atoms with E-state index in [1.165, 1.54) is 25.7 Å². The summed E-state index contributed by atoms with van der Waals surface area (Å²) in [6.45, 7) is 3.13. The van der Waals surface area contributed by atoms with Gasteiger partial charge in [-0.05, 0) is 43.9 Å². The van der Waals surface area contributed by atoms with Gasteiger partial charge in [0.05, 0.1) is 12.2 Å². The summed E-state index contributed by atoms with van der Waals surface area (Å²) < 4.78 is 5.62. The molecule has 0 aromatic carbocycles. The van der Waals surface area contributed by atoms with Gasteiger partial charge in [-0.3, -0.25) is 0 Å². The molecule has 76 valence electrons. The third-order valence-electron chi connectivity index (χ3n) is 3.77. The Labute approximate surface area is 80.3 Å². The van der Waals surface area contributed by atoms with Gasteiger partial charge in [0, 0.05) is 6.61 Å². The largest absolute Gasteiger partial charge is 0.393 e. The summed E-state index contributed by atoms with van der Waals surface area (Å²) in [4.78, 5) is 0. The Kier molecular flexibility index (Phi) is 2.89. The number of ether oxygens (including phenoxy) is 1. The molecular weight excluding hydrogens is 164 g/mol. The Morgan fingerprint density at radius 1 is 1.31 bits per heavy atom. The molecule has 1 saturated heterocycles. The van der Waals surface area contributed by atoms with Crippen LogP contribution in [0.1, 0.15) is 39.0 Å². The molecule has 0 amide bonds. The van der Waals surface area contributed by atoms with Crippen molar-refractivity contribution in [2.24, 2.45) is 11.8 Å². The van der Waals surface area contributed by atoms with E-state index in [-0.39, 0.29) is 6.10 Å². The predicted octanol–water partition coefficient (Wildman–Crippen LogP) is 1.96. The number of aliphatic hydroxyl groups excluding tert-OH is 1. The van der Waals surface area contributed by atoms with Gasteiger partial charge in [-0.2, -0.15) is 0 Å². The zero-order valence-corrected chi connectivity index (χ0v) is 8.41. The monoisotopic (exact) mass is 184 g/mol. The van der Waals surface area contributed by atoms with Crippen LogP contribution >= 0.6 is 0 Å². The fourth-order valence-corrected chi connectivity index (χ4v) is 2.73. The maximum Gasteiger partial charge on any atom is 0.0578 e. The third-order valence-corrected chi connectivity index (χ3v) is 3.77. The van der Waals surface area contributed by atoms with Crippen molar-refractivity contribution in [2.45, 2.75) is 51.2 Å². The maximum absolute atomic E-state index is 9.60. The number of aliphatic hydroxyl groups is 1. The highest BCUT2D eigenvalue weighted by Crippen LogP contribution is 2.36. The van der Waals surface area contributed by atoms with Gasteiger partial charge >= 0.3 is 0 Å². The molecule has 1 heterocycles. The molecular formula is C11H20O2. The van der Waals surface area contributed by atoms with Crippen LogP contribution in [-0.2, 0) is 4.74 Å². The van der Waals surface area contributed by atoms with E-state index in [4.69, 9.17) is 4.74 Å². The van der Waals surface area contributed by atoms with E-state index < -0.39 is 0 Å². The van der Waals surface area contributed by atoms with E-state index in [0.29, 0.717) is 17.9 Å². The first-order valence-corrected chi connectivity index (χ1v) is 5.57. The van der Waals surface area contributed by atoms with Crippen molar-refractivity contribution in [1.29, 1.82) is 0 Å². The maximum atomic E-state index is 9.60. The Morgan fingerprint density at radius 2 is 2.15 bits per heavy atom. The molecule has 13 heavy (non-hydrogen) atoms. The third kappa shape index (κ3) is 2.05. The SMILES string of the molecule is CC1C(O)CCC1CC1CCCO1. The van der Waals surface area contributed by atoms with Crippen molar-refractivity contribution in [3.63, 3.8) is 0 Å². The van der Waals surface area contributed by atoms with Crippen molar-refractivity contribution >= 4 is 0 Å². The lowest BCUT2D eigenvalue weighted by Gasteiger charge is -2.20. The quantitative estimate of drug-likeness (QED) is 0.711. The molecule has 0 bridgehead atoms. The molecule has 0 radical (unpaired) electrons. The smallest absolute Gasteiger partial charge is 0.0578 e. The zero-order valence-electron chi connectivity index (χ0n) is 8.41. The molecule has 2 heteroatoms. The molecule has 4 atom stereocenters. The summed E-state index contributed by atoms with van der Waals surface area (Å²) in [5.41, 5.74) is 0. The van der Waals surface area contributed by atoms with Gasteiger partial charge in [-0.1, -0.05) is 6.92 Å². The van der Waals surface area contributed by atoms with Crippen LogP contribution in [0.3, 0.4) is 0 Å². The Hall–Kier alpha value is -0.0800. The van der Waals surface area contributed by atoms with E-state index in [2.05, 4.69) is 6.92 Å². The summed E-state index contributed by atoms with van der Waals surface area (Å²) in [6.07, 6.45) is 6.29. The molecule has 2 nitrogen and oxygen atoms in total. The van der Waals surface area contributed by atoms with Crippen LogP contribution in [-0.4, -0.2) is 23.9 Å². The van der Waals surface area contributed by atoms with Crippen LogP contribution in [0.15, 0.2) is 0 Å². The molecule has 2 rings (SSSR count). The Morgan fingerprint density at radius 3 is 2.69 bits per heavy atom. The van der Waals surface area contributed by atoms with Gasteiger partial charge in [-0.25, -0.2) is 0 Å². The molecule has 0 aromatic rings. The van der Waals surface area contributed by atoms with Gasteiger partial charge in [0.25, 0.3) is 0 Å². The summed E-state index contributed by atoms with van der Waals surface area (Å²) in [5, 5.41) is 9.60. The molecule has 0 spiro atoms. The lowest BCUT2D eigenvalue weighted by atomic mass is 9.90. The highest BCUT2D eigenvalue weighted by Gasteiger charge is 2.33. The first-order chi connectivity index (χ1) is 6.27. The van der Waals surface area contributed by atoms with Crippen molar-refractivity contribution in [3.05, 3.63) is 0 Å². The van der Waals surface area contributed by atoms with Crippen molar-refractivity contribution in [3.8, 4) is 0 Å². The van der Waals surface area contributed by atoms with Gasteiger partial charge in [0.2, 0.25) is 0 Å². The second kappa shape index (κ2) is 3.97. The minimum atomic E-state index is -0.0496. The first-order valence-electron chi connectivity index (χ1n) is 5.57. The number of rotatable bonds is 2. The topological polar surface area (TPSA) is 29.5 Å². The summed E-state index contributed by atoms with van der Waals surface area (Å²) >= 11 is 0. The molecule has 0 aromatic heterocycles. The summed E-state index contributed by atoms with van der Waals surface area (Å²) in [5.74, 6) is 1.20. The van der Waals surface area contributed by atoms with Crippen LogP contribution < -0.4 is 0 Å². The Balaban J connectivity index is 1.81. The normalized spacial score (nSPS) is 45.7. The average Bonchev–Trinajstić information content (AvgIpc) is 2.71. The minimum Gasteiger partial charge on any atom is -0.393 e. The lowest BCUT2D eigenvalue weighted by Crippen LogP contribution is -2.19. The minimum absolute atomic E-state index is 0.0496. The van der Waals surface area contributed by atoms with Gasteiger partial charge in [0.1, 0.15) is 0 Å². The van der Waals surface area contributed by atoms with Crippen LogP contribution in [0.25, 0.3) is 0 Å². The molecule has 1 aliphatic carbocycles. The number of hydrogen-bond donors (Lipinski definition) is 1. The fraction of sp³-hybridized carbons (Fsp3) is 1.00. The van der Waals surface area contributed by atoms with Gasteiger partial charge < -0.3 is 9.84 Å². The molecule has 1 N–H and O–H groups in total. The highest BCUT2D eigenvalue weighted by atomic mass is 16.5. The lowest BCUT2D eigenvalue weighted by molar-refractivity contribution is 0.0716. The molecule has 1 aliphatic heterocycles. The van der Waals surface area contributed by atoms with Crippen molar-refractivity contribution in [1.82, 2.24) is 0 Å². The van der Waals surface area contributed by atoms with Crippen LogP contribution in [0, 0.1) is 11.8 Å². The van der Waals surface area contributed by atoms with Gasteiger partial charge in [0.15, 0.2) is 0 Å². The second-order valence-electron chi connectivity index (χ2n) is 4.63.